The van der Waals surface area contributed by atoms with E-state index in [-0.39, 0.29) is 6.29 Å². The molecule has 0 aliphatic heterocycles. The molecule has 0 saturated carbocycles. The smallest absolute Gasteiger partial charge is 0.450 e. The van der Waals surface area contributed by atoms with Crippen molar-refractivity contribution in [1.82, 2.24) is 0 Å². The van der Waals surface area contributed by atoms with Gasteiger partial charge >= 0.3 is 12.3 Å². The molecule has 0 aliphatic carbocycles. The summed E-state index contributed by atoms with van der Waals surface area (Å²) in [7, 11) is 0. The van der Waals surface area contributed by atoms with E-state index in [1.54, 1.807) is 0 Å². The minimum atomic E-state index is -1.83. The third kappa shape index (κ3) is 134. The van der Waals surface area contributed by atoms with Crippen LogP contribution in [0, 0.1) is 0 Å². The molecular weight excluding hydrogens is 256 g/mol. The van der Waals surface area contributed by atoms with E-state index >= 15 is 0 Å². The summed E-state index contributed by atoms with van der Waals surface area (Å²) in [6.45, 7) is 7.25. The van der Waals surface area contributed by atoms with Crippen molar-refractivity contribution < 1.29 is 50.0 Å². The monoisotopic (exact) mass is 276 g/mol. The predicted octanol–water partition coefficient (Wildman–Crippen LogP) is 1.87. The molecule has 6 N–H and O–H groups in total. The van der Waals surface area contributed by atoms with Gasteiger partial charge in [-0.25, -0.2) is 9.59 Å². The van der Waals surface area contributed by atoms with Gasteiger partial charge in [-0.1, -0.05) is 0 Å². The first kappa shape index (κ1) is 25.3. The number of carbonyl (C=O) groups is 2. The van der Waals surface area contributed by atoms with Crippen LogP contribution in [0.15, 0.2) is 0 Å². The molecule has 0 spiro atoms. The normalized spacial score (nSPS) is 7.67. The zero-order chi connectivity index (χ0) is 15.6. The van der Waals surface area contributed by atoms with Crippen LogP contribution in [0.2, 0.25) is 0 Å². The molecule has 18 heavy (non-hydrogen) atoms. The summed E-state index contributed by atoms with van der Waals surface area (Å²) in [4.78, 5) is 17.1. The maximum Gasteiger partial charge on any atom is 0.503 e. The zero-order valence-corrected chi connectivity index (χ0v) is 10.3. The number of hydrogen-bond acceptors (Lipinski definition) is 6. The summed E-state index contributed by atoms with van der Waals surface area (Å²) < 4.78 is 10.1. The second-order valence-electron chi connectivity index (χ2n) is 2.04. The molecule has 0 aromatic heterocycles. The zero-order valence-electron chi connectivity index (χ0n) is 10.3. The van der Waals surface area contributed by atoms with Crippen LogP contribution in [-0.4, -0.2) is 62.8 Å². The fraction of sp³-hybridized carbons (Fsp3) is 0.750. The Morgan fingerprint density at radius 3 is 1.17 bits per heavy atom. The van der Waals surface area contributed by atoms with Crippen molar-refractivity contribution in [2.45, 2.75) is 27.1 Å². The van der Waals surface area contributed by atoms with Crippen molar-refractivity contribution in [1.29, 1.82) is 0 Å². The van der Waals surface area contributed by atoms with Crippen LogP contribution in [0.4, 0.5) is 9.59 Å². The molecule has 0 amide bonds. The highest BCUT2D eigenvalue weighted by Gasteiger charge is 1.94. The van der Waals surface area contributed by atoms with Crippen molar-refractivity contribution >= 4 is 12.3 Å². The average molecular weight is 276 g/mol. The maximum atomic E-state index is 8.56. The molecular formula is C8H20O10. The van der Waals surface area contributed by atoms with Crippen LogP contribution < -0.4 is 0 Å². The van der Waals surface area contributed by atoms with Gasteiger partial charge in [-0.15, -0.1) is 0 Å². The Balaban J connectivity index is -0.0000000834. The van der Waals surface area contributed by atoms with Gasteiger partial charge in [0, 0.05) is 13.2 Å². The lowest BCUT2D eigenvalue weighted by molar-refractivity contribution is -0.176. The quantitative estimate of drug-likeness (QED) is 0.252. The second-order valence-corrected chi connectivity index (χ2v) is 2.04. The number of ether oxygens (including phenoxy) is 2. The van der Waals surface area contributed by atoms with E-state index in [1.807, 2.05) is 20.8 Å². The lowest BCUT2D eigenvalue weighted by Gasteiger charge is -2.09. The SMILES string of the molecule is CCOC(C)OCC.O=C(O)O.O=C(O)O.OO. The Kier molecular flexibility index (Phi) is 34.5. The first-order valence-corrected chi connectivity index (χ1v) is 4.54. The van der Waals surface area contributed by atoms with Gasteiger partial charge in [0.2, 0.25) is 0 Å². The van der Waals surface area contributed by atoms with Gasteiger partial charge in [-0.05, 0) is 20.8 Å². The summed E-state index contributed by atoms with van der Waals surface area (Å²) in [5, 5.41) is 39.9. The van der Waals surface area contributed by atoms with Crippen LogP contribution >= 0.6 is 0 Å². The van der Waals surface area contributed by atoms with E-state index in [0.717, 1.165) is 13.2 Å². The van der Waals surface area contributed by atoms with Gasteiger partial charge in [0.15, 0.2) is 6.29 Å². The summed E-state index contributed by atoms with van der Waals surface area (Å²) in [5.41, 5.74) is 0. The van der Waals surface area contributed by atoms with Crippen molar-refractivity contribution in [3.05, 3.63) is 0 Å². The van der Waals surface area contributed by atoms with Gasteiger partial charge in [0.25, 0.3) is 0 Å². The molecule has 0 aromatic carbocycles. The van der Waals surface area contributed by atoms with E-state index in [0.29, 0.717) is 0 Å². The third-order valence-electron chi connectivity index (χ3n) is 0.803. The highest BCUT2D eigenvalue weighted by molar-refractivity contribution is 5.53. The van der Waals surface area contributed by atoms with E-state index in [2.05, 4.69) is 0 Å². The maximum absolute atomic E-state index is 8.56. The molecule has 0 atom stereocenters. The standard InChI is InChI=1S/C6H14O2.2CH2O3.H2O2/c1-4-7-6(3)8-5-2;2*2-1(3)4;1-2/h6H,4-5H2,1-3H3;2*(H2,2,3,4);1-2H. The Morgan fingerprint density at radius 1 is 0.889 bits per heavy atom. The Hall–Kier alpha value is -1.62. The van der Waals surface area contributed by atoms with Crippen molar-refractivity contribution in [3.8, 4) is 0 Å². The van der Waals surface area contributed by atoms with Gasteiger partial charge in [0.1, 0.15) is 0 Å². The Labute approximate surface area is 104 Å². The number of rotatable bonds is 4. The minimum Gasteiger partial charge on any atom is -0.450 e. The molecule has 0 heterocycles. The molecule has 0 unspecified atom stereocenters. The van der Waals surface area contributed by atoms with Crippen LogP contribution in [0.3, 0.4) is 0 Å². The van der Waals surface area contributed by atoms with Crippen LogP contribution in [0.1, 0.15) is 20.8 Å². The topological polar surface area (TPSA) is 174 Å². The summed E-state index contributed by atoms with van der Waals surface area (Å²) in [6.07, 6.45) is -3.70. The van der Waals surface area contributed by atoms with Crippen LogP contribution in [-0.2, 0) is 9.47 Å². The fourth-order valence-corrected chi connectivity index (χ4v) is 0.518. The lowest BCUT2D eigenvalue weighted by atomic mass is 10.7. The fourth-order valence-electron chi connectivity index (χ4n) is 0.518. The van der Waals surface area contributed by atoms with Gasteiger partial charge in [-0.3, -0.25) is 10.5 Å². The van der Waals surface area contributed by atoms with Crippen molar-refractivity contribution in [2.24, 2.45) is 0 Å². The molecule has 10 nitrogen and oxygen atoms in total. The molecule has 10 heteroatoms. The number of carboxylic acid groups (broad SMARTS) is 4. The molecule has 0 aromatic rings. The highest BCUT2D eigenvalue weighted by atomic mass is 17.0. The highest BCUT2D eigenvalue weighted by Crippen LogP contribution is 1.90. The molecule has 0 aliphatic rings. The number of hydrogen-bond donors (Lipinski definition) is 6. The first-order chi connectivity index (χ1) is 8.27. The third-order valence-corrected chi connectivity index (χ3v) is 0.803. The van der Waals surface area contributed by atoms with E-state index in [9.17, 15) is 0 Å². The lowest BCUT2D eigenvalue weighted by Crippen LogP contribution is -2.11. The van der Waals surface area contributed by atoms with Crippen LogP contribution in [0.5, 0.6) is 0 Å². The average Bonchev–Trinajstić information content (AvgIpc) is 2.19. The predicted molar refractivity (Wildman–Crippen MR) is 59.3 cm³/mol. The molecule has 0 bridgehead atoms. The van der Waals surface area contributed by atoms with Gasteiger partial charge in [0.05, 0.1) is 0 Å². The molecule has 0 rings (SSSR count). The Morgan fingerprint density at radius 2 is 1.06 bits per heavy atom. The first-order valence-electron chi connectivity index (χ1n) is 4.54. The van der Waals surface area contributed by atoms with Crippen molar-refractivity contribution in [2.75, 3.05) is 13.2 Å². The second kappa shape index (κ2) is 24.6. The van der Waals surface area contributed by atoms with Gasteiger partial charge in [-0.2, -0.15) is 0 Å². The summed E-state index contributed by atoms with van der Waals surface area (Å²) >= 11 is 0. The molecule has 112 valence electrons. The summed E-state index contributed by atoms with van der Waals surface area (Å²) in [6, 6.07) is 0. The van der Waals surface area contributed by atoms with E-state index in [4.69, 9.17) is 50.0 Å². The minimum absolute atomic E-state index is 0.0370. The Bertz CT molecular complexity index is 145. The molecule has 0 saturated heterocycles. The van der Waals surface area contributed by atoms with E-state index < -0.39 is 12.3 Å². The summed E-state index contributed by atoms with van der Waals surface area (Å²) in [5.74, 6) is 0. The van der Waals surface area contributed by atoms with Crippen molar-refractivity contribution in [3.63, 3.8) is 0 Å². The van der Waals surface area contributed by atoms with Gasteiger partial charge < -0.3 is 29.9 Å². The van der Waals surface area contributed by atoms with Crippen LogP contribution in [0.25, 0.3) is 0 Å². The van der Waals surface area contributed by atoms with E-state index in [1.165, 1.54) is 0 Å². The molecule has 0 radical (unpaired) electrons. The molecule has 0 fully saturated rings. The largest absolute Gasteiger partial charge is 0.503 e.